The molecule has 0 spiro atoms. The van der Waals surface area contributed by atoms with Gasteiger partial charge in [0.1, 0.15) is 0 Å². The third-order valence-electron chi connectivity index (χ3n) is 3.88. The first kappa shape index (κ1) is 15.5. The Kier molecular flexibility index (Phi) is 5.33. The van der Waals surface area contributed by atoms with E-state index in [0.29, 0.717) is 19.4 Å². The van der Waals surface area contributed by atoms with Crippen molar-refractivity contribution in [1.82, 2.24) is 10.2 Å². The number of rotatable bonds is 6. The van der Waals surface area contributed by atoms with Gasteiger partial charge in [-0.2, -0.15) is 0 Å². The second kappa shape index (κ2) is 7.22. The van der Waals surface area contributed by atoms with Crippen LogP contribution < -0.4 is 5.32 Å². The normalized spacial score (nSPS) is 19.6. The predicted octanol–water partition coefficient (Wildman–Crippen LogP) is 1.09. The summed E-state index contributed by atoms with van der Waals surface area (Å²) in [5.41, 5.74) is 1.02. The molecule has 1 aromatic carbocycles. The zero-order valence-corrected chi connectivity index (χ0v) is 12.3. The van der Waals surface area contributed by atoms with Crippen LogP contribution in [0, 0.1) is 5.92 Å². The van der Waals surface area contributed by atoms with Crippen molar-refractivity contribution < 1.29 is 14.7 Å². The Labute approximate surface area is 125 Å². The second-order valence-electron chi connectivity index (χ2n) is 5.51. The average molecular weight is 290 g/mol. The molecule has 1 aliphatic heterocycles. The highest BCUT2D eigenvalue weighted by atomic mass is 16.3. The summed E-state index contributed by atoms with van der Waals surface area (Å²) >= 11 is 0. The van der Waals surface area contributed by atoms with Crippen molar-refractivity contribution in [3.8, 4) is 0 Å². The van der Waals surface area contributed by atoms with Gasteiger partial charge >= 0.3 is 0 Å². The Bertz CT molecular complexity index is 490. The van der Waals surface area contributed by atoms with E-state index in [2.05, 4.69) is 5.32 Å². The van der Waals surface area contributed by atoms with Crippen molar-refractivity contribution in [2.45, 2.75) is 25.3 Å². The minimum Gasteiger partial charge on any atom is -0.396 e. The smallest absolute Gasteiger partial charge is 0.225 e. The van der Waals surface area contributed by atoms with E-state index in [1.807, 2.05) is 30.3 Å². The van der Waals surface area contributed by atoms with Crippen molar-refractivity contribution >= 4 is 11.8 Å². The lowest BCUT2D eigenvalue weighted by Crippen LogP contribution is -2.35. The maximum absolute atomic E-state index is 12.3. The van der Waals surface area contributed by atoms with Crippen LogP contribution in [-0.4, -0.2) is 42.0 Å². The monoisotopic (exact) mass is 290 g/mol. The number of hydrogen-bond donors (Lipinski definition) is 2. The van der Waals surface area contributed by atoms with Gasteiger partial charge < -0.3 is 15.3 Å². The summed E-state index contributed by atoms with van der Waals surface area (Å²) in [6.07, 6.45) is 1.59. The van der Waals surface area contributed by atoms with Crippen molar-refractivity contribution in [3.05, 3.63) is 35.9 Å². The molecule has 1 fully saturated rings. The number of aliphatic hydroxyl groups excluding tert-OH is 1. The van der Waals surface area contributed by atoms with Crippen LogP contribution >= 0.6 is 0 Å². The number of carbonyl (C=O) groups is 2. The summed E-state index contributed by atoms with van der Waals surface area (Å²) in [6.45, 7) is 0.579. The van der Waals surface area contributed by atoms with E-state index in [1.165, 1.54) is 0 Å². The van der Waals surface area contributed by atoms with E-state index < -0.39 is 0 Å². The van der Waals surface area contributed by atoms with Crippen LogP contribution in [0.4, 0.5) is 0 Å². The average Bonchev–Trinajstić information content (AvgIpc) is 2.84. The van der Waals surface area contributed by atoms with Crippen molar-refractivity contribution in [2.24, 2.45) is 5.92 Å². The summed E-state index contributed by atoms with van der Waals surface area (Å²) < 4.78 is 0. The van der Waals surface area contributed by atoms with Gasteiger partial charge in [-0.05, 0) is 18.4 Å². The molecule has 2 unspecified atom stereocenters. The molecule has 2 rings (SSSR count). The highest BCUT2D eigenvalue weighted by Crippen LogP contribution is 2.21. The molecule has 0 aliphatic carbocycles. The topological polar surface area (TPSA) is 69.6 Å². The summed E-state index contributed by atoms with van der Waals surface area (Å²) in [6, 6.07) is 9.61. The fourth-order valence-electron chi connectivity index (χ4n) is 2.63. The third kappa shape index (κ3) is 4.04. The zero-order chi connectivity index (χ0) is 15.2. The standard InChI is InChI=1S/C16H22N2O3/c1-18-11-13(10-15(18)20)16(21)17-14(8-5-9-19)12-6-3-2-4-7-12/h2-4,6-7,13-14,19H,5,8-11H2,1H3,(H,17,21). The molecule has 5 nitrogen and oxygen atoms in total. The number of nitrogens with one attached hydrogen (secondary N) is 1. The Morgan fingerprint density at radius 1 is 1.43 bits per heavy atom. The van der Waals surface area contributed by atoms with E-state index in [9.17, 15) is 9.59 Å². The predicted molar refractivity (Wildman–Crippen MR) is 79.4 cm³/mol. The van der Waals surface area contributed by atoms with E-state index in [1.54, 1.807) is 11.9 Å². The number of benzene rings is 1. The third-order valence-corrected chi connectivity index (χ3v) is 3.88. The molecule has 1 aromatic rings. The summed E-state index contributed by atoms with van der Waals surface area (Å²) in [7, 11) is 1.72. The number of nitrogens with zero attached hydrogens (tertiary/aromatic N) is 1. The molecule has 2 atom stereocenters. The number of carbonyl (C=O) groups excluding carboxylic acids is 2. The first-order valence-corrected chi connectivity index (χ1v) is 7.32. The molecule has 5 heteroatoms. The van der Waals surface area contributed by atoms with Gasteiger partial charge in [0.15, 0.2) is 0 Å². The van der Waals surface area contributed by atoms with Crippen LogP contribution in [0.1, 0.15) is 30.9 Å². The lowest BCUT2D eigenvalue weighted by atomic mass is 10.0. The minimum absolute atomic E-state index is 0.0155. The molecule has 0 saturated carbocycles. The fourth-order valence-corrected chi connectivity index (χ4v) is 2.63. The largest absolute Gasteiger partial charge is 0.396 e. The van der Waals surface area contributed by atoms with Gasteiger partial charge in [-0.1, -0.05) is 30.3 Å². The van der Waals surface area contributed by atoms with Gasteiger partial charge in [-0.25, -0.2) is 0 Å². The Morgan fingerprint density at radius 2 is 2.14 bits per heavy atom. The van der Waals surface area contributed by atoms with Crippen LogP contribution in [0.5, 0.6) is 0 Å². The van der Waals surface area contributed by atoms with Gasteiger partial charge in [0.05, 0.1) is 12.0 Å². The lowest BCUT2D eigenvalue weighted by Gasteiger charge is -2.21. The molecule has 21 heavy (non-hydrogen) atoms. The molecular formula is C16H22N2O3. The van der Waals surface area contributed by atoms with E-state index >= 15 is 0 Å². The minimum atomic E-state index is -0.275. The van der Waals surface area contributed by atoms with Crippen molar-refractivity contribution in [2.75, 3.05) is 20.2 Å². The van der Waals surface area contributed by atoms with Crippen molar-refractivity contribution in [3.63, 3.8) is 0 Å². The summed E-state index contributed by atoms with van der Waals surface area (Å²) in [5, 5.41) is 12.0. The fraction of sp³-hybridized carbons (Fsp3) is 0.500. The molecule has 114 valence electrons. The molecule has 1 saturated heterocycles. The van der Waals surface area contributed by atoms with Crippen LogP contribution in [0.15, 0.2) is 30.3 Å². The second-order valence-corrected chi connectivity index (χ2v) is 5.51. The Hall–Kier alpha value is -1.88. The Balaban J connectivity index is 2.01. The number of amides is 2. The van der Waals surface area contributed by atoms with E-state index in [-0.39, 0.29) is 36.8 Å². The number of hydrogen-bond acceptors (Lipinski definition) is 3. The maximum Gasteiger partial charge on any atom is 0.225 e. The SMILES string of the molecule is CN1CC(C(=O)NC(CCCO)c2ccccc2)CC1=O. The molecule has 2 amide bonds. The van der Waals surface area contributed by atoms with Gasteiger partial charge in [-0.3, -0.25) is 9.59 Å². The molecule has 1 heterocycles. The lowest BCUT2D eigenvalue weighted by molar-refractivity contribution is -0.128. The highest BCUT2D eigenvalue weighted by molar-refractivity contribution is 5.89. The Morgan fingerprint density at radius 3 is 2.71 bits per heavy atom. The van der Waals surface area contributed by atoms with Gasteiger partial charge in [0.25, 0.3) is 0 Å². The molecular weight excluding hydrogens is 268 g/mol. The van der Waals surface area contributed by atoms with Gasteiger partial charge in [-0.15, -0.1) is 0 Å². The zero-order valence-electron chi connectivity index (χ0n) is 12.3. The van der Waals surface area contributed by atoms with Gasteiger partial charge in [0, 0.05) is 26.6 Å². The molecule has 0 aromatic heterocycles. The van der Waals surface area contributed by atoms with Crippen LogP contribution in [0.2, 0.25) is 0 Å². The van der Waals surface area contributed by atoms with E-state index in [0.717, 1.165) is 5.56 Å². The van der Waals surface area contributed by atoms with Crippen LogP contribution in [-0.2, 0) is 9.59 Å². The van der Waals surface area contributed by atoms with Gasteiger partial charge in [0.2, 0.25) is 11.8 Å². The summed E-state index contributed by atoms with van der Waals surface area (Å²) in [5.74, 6) is -0.343. The van der Waals surface area contributed by atoms with Crippen LogP contribution in [0.3, 0.4) is 0 Å². The van der Waals surface area contributed by atoms with E-state index in [4.69, 9.17) is 5.11 Å². The van der Waals surface area contributed by atoms with Crippen molar-refractivity contribution in [1.29, 1.82) is 0 Å². The molecule has 1 aliphatic rings. The molecule has 0 radical (unpaired) electrons. The first-order valence-electron chi connectivity index (χ1n) is 7.32. The quantitative estimate of drug-likeness (QED) is 0.824. The molecule has 0 bridgehead atoms. The number of likely N-dealkylation sites (tertiary alicyclic amines) is 1. The van der Waals surface area contributed by atoms with Crippen LogP contribution in [0.25, 0.3) is 0 Å². The first-order chi connectivity index (χ1) is 10.1. The summed E-state index contributed by atoms with van der Waals surface area (Å²) in [4.78, 5) is 25.5. The highest BCUT2D eigenvalue weighted by Gasteiger charge is 2.33. The molecule has 2 N–H and O–H groups in total. The maximum atomic E-state index is 12.3. The number of aliphatic hydroxyl groups is 1.